The molecule has 0 aliphatic carbocycles. The van der Waals surface area contributed by atoms with E-state index in [1.807, 2.05) is 0 Å². The predicted octanol–water partition coefficient (Wildman–Crippen LogP) is 1.03. The Kier molecular flexibility index (Phi) is 7.73. The Bertz CT molecular complexity index is 966. The molecule has 0 aromatic heterocycles. The fourth-order valence-corrected chi connectivity index (χ4v) is 3.30. The number of carbonyl (C=O) groups is 2. The van der Waals surface area contributed by atoms with Gasteiger partial charge in [-0.25, -0.2) is 0 Å². The van der Waals surface area contributed by atoms with E-state index in [4.69, 9.17) is 15.2 Å². The van der Waals surface area contributed by atoms with Gasteiger partial charge in [-0.05, 0) is 0 Å². The predicted molar refractivity (Wildman–Crippen MR) is 110 cm³/mol. The van der Waals surface area contributed by atoms with E-state index in [0.29, 0.717) is 17.0 Å². The van der Waals surface area contributed by atoms with Gasteiger partial charge in [0.05, 0.1) is 0 Å². The van der Waals surface area contributed by atoms with Gasteiger partial charge in [-0.15, -0.1) is 0 Å². The van der Waals surface area contributed by atoms with E-state index in [2.05, 4.69) is 26.3 Å². The van der Waals surface area contributed by atoms with Crippen molar-refractivity contribution in [2.24, 2.45) is 10.7 Å². The molecule has 0 spiro atoms. The number of rotatable bonds is 7. The normalized spacial score (nSPS) is 16.8. The Balaban J connectivity index is 2.79. The second-order valence-electron chi connectivity index (χ2n) is 6.21. The van der Waals surface area contributed by atoms with Crippen LogP contribution < -0.4 is 11.1 Å². The van der Waals surface area contributed by atoms with Gasteiger partial charge >= 0.3 is 181 Å². The number of nitro groups is 1. The van der Waals surface area contributed by atoms with E-state index in [1.54, 1.807) is 19.9 Å². The molecule has 1 aromatic rings. The number of benzene rings is 1. The van der Waals surface area contributed by atoms with Crippen LogP contribution in [0.3, 0.4) is 0 Å². The molecule has 0 bridgehead atoms. The van der Waals surface area contributed by atoms with Gasteiger partial charge in [0.1, 0.15) is 0 Å². The van der Waals surface area contributed by atoms with Gasteiger partial charge in [-0.2, -0.15) is 0 Å². The van der Waals surface area contributed by atoms with Crippen molar-refractivity contribution in [3.63, 3.8) is 0 Å². The average molecular weight is 480 g/mol. The molecule has 3 N–H and O–H groups in total. The molecule has 30 heavy (non-hydrogen) atoms. The molecule has 0 amide bonds. The zero-order valence-corrected chi connectivity index (χ0v) is 18.3. The number of methoxy groups -OCH3 is 1. The van der Waals surface area contributed by atoms with Gasteiger partial charge in [0.2, 0.25) is 0 Å². The second-order valence-corrected chi connectivity index (χ2v) is 7.09. The number of nitrogens with zero attached hydrogens (tertiary/aromatic N) is 2. The number of hydrogen-bond acceptors (Lipinski definition) is 8. The Morgan fingerprint density at radius 1 is 1.33 bits per heavy atom. The van der Waals surface area contributed by atoms with E-state index in [-0.39, 0.29) is 34.7 Å². The molecule has 1 unspecified atom stereocenters. The number of nitro benzene ring substituents is 1. The quantitative estimate of drug-likeness (QED) is 0.147. The number of aliphatic imine (C=N–C) groups is 1. The summed E-state index contributed by atoms with van der Waals surface area (Å²) in [5, 5.41) is 14.3. The molecule has 11 heteroatoms. The van der Waals surface area contributed by atoms with Crippen molar-refractivity contribution < 1.29 is 24.0 Å². The summed E-state index contributed by atoms with van der Waals surface area (Å²) in [7, 11) is 1.22. The standard InChI is InChI=1S/C19H21N4O6Se/c1-4-29-18(25)16-13(9-21-19(20)30)22-10(2)14(17(24)28-3)15(16)11-6-5-7-12(8-11)23(26)27/h5-8,15,22H,4,9H2,1-3H3,(H2,20,21). The number of esters is 2. The van der Waals surface area contributed by atoms with E-state index < -0.39 is 22.8 Å². The summed E-state index contributed by atoms with van der Waals surface area (Å²) in [5.41, 5.74) is 6.82. The summed E-state index contributed by atoms with van der Waals surface area (Å²) in [6.45, 7) is 3.39. The Morgan fingerprint density at radius 3 is 2.60 bits per heavy atom. The molecular formula is C19H21N4O6Se. The number of nitrogens with two attached hydrogens (primary N) is 1. The van der Waals surface area contributed by atoms with Crippen LogP contribution in [0, 0.1) is 10.1 Å². The Labute approximate surface area is 181 Å². The van der Waals surface area contributed by atoms with Crippen molar-refractivity contribution in [3.8, 4) is 0 Å². The van der Waals surface area contributed by atoms with Crippen LogP contribution in [0.5, 0.6) is 0 Å². The fourth-order valence-electron chi connectivity index (χ4n) is 3.16. The number of non-ortho nitro benzene ring substituents is 1. The first-order chi connectivity index (χ1) is 14.2. The van der Waals surface area contributed by atoms with Crippen LogP contribution in [0.4, 0.5) is 5.69 Å². The molecule has 1 aliphatic rings. The molecule has 10 nitrogen and oxygen atoms in total. The van der Waals surface area contributed by atoms with Crippen molar-refractivity contribution in [1.29, 1.82) is 0 Å². The first-order valence-electron chi connectivity index (χ1n) is 8.88. The van der Waals surface area contributed by atoms with Gasteiger partial charge < -0.3 is 0 Å². The average Bonchev–Trinajstić information content (AvgIpc) is 2.71. The monoisotopic (exact) mass is 481 g/mol. The molecule has 1 radical (unpaired) electrons. The maximum absolute atomic E-state index is 12.9. The second kappa shape index (κ2) is 10.0. The molecule has 2 rings (SSSR count). The van der Waals surface area contributed by atoms with Crippen molar-refractivity contribution in [1.82, 2.24) is 5.32 Å². The minimum absolute atomic E-state index is 0.00417. The van der Waals surface area contributed by atoms with Gasteiger partial charge in [0.15, 0.2) is 0 Å². The zero-order chi connectivity index (χ0) is 22.4. The van der Waals surface area contributed by atoms with Crippen molar-refractivity contribution in [2.45, 2.75) is 19.8 Å². The number of allylic oxidation sites excluding steroid dienone is 1. The number of dihydropyridines is 1. The number of ether oxygens (including phenoxy) is 2. The van der Waals surface area contributed by atoms with Crippen LogP contribution in [0.1, 0.15) is 25.3 Å². The molecule has 1 aromatic carbocycles. The molecule has 0 saturated carbocycles. The summed E-state index contributed by atoms with van der Waals surface area (Å²) < 4.78 is 10.3. The van der Waals surface area contributed by atoms with E-state index in [0.717, 1.165) is 0 Å². The van der Waals surface area contributed by atoms with Gasteiger partial charge in [0.25, 0.3) is 0 Å². The third kappa shape index (κ3) is 5.05. The van der Waals surface area contributed by atoms with Crippen LogP contribution in [0.2, 0.25) is 0 Å². The first-order valence-corrected chi connectivity index (χ1v) is 9.74. The summed E-state index contributed by atoms with van der Waals surface area (Å²) in [6, 6.07) is 5.72. The number of carbonyl (C=O) groups excluding carboxylic acids is 2. The summed E-state index contributed by atoms with van der Waals surface area (Å²) in [5.74, 6) is -2.31. The maximum atomic E-state index is 12.9. The van der Waals surface area contributed by atoms with E-state index in [1.165, 1.54) is 25.3 Å². The Hall–Kier alpha value is -3.17. The summed E-state index contributed by atoms with van der Waals surface area (Å²) in [4.78, 5) is 40.3. The van der Waals surface area contributed by atoms with E-state index in [9.17, 15) is 19.7 Å². The third-order valence-corrected chi connectivity index (χ3v) is 4.62. The van der Waals surface area contributed by atoms with Crippen LogP contribution >= 0.6 is 0 Å². The molecule has 1 heterocycles. The van der Waals surface area contributed by atoms with Gasteiger partial charge in [0, 0.05) is 0 Å². The summed E-state index contributed by atoms with van der Waals surface area (Å²) in [6.07, 6.45) is 0. The van der Waals surface area contributed by atoms with Crippen LogP contribution in [-0.2, 0) is 19.1 Å². The summed E-state index contributed by atoms with van der Waals surface area (Å²) >= 11 is 2.56. The third-order valence-electron chi connectivity index (χ3n) is 4.35. The van der Waals surface area contributed by atoms with Crippen LogP contribution in [0.25, 0.3) is 0 Å². The van der Waals surface area contributed by atoms with Crippen molar-refractivity contribution in [2.75, 3.05) is 20.3 Å². The Morgan fingerprint density at radius 2 is 2.03 bits per heavy atom. The first kappa shape index (κ1) is 23.1. The topological polar surface area (TPSA) is 146 Å². The van der Waals surface area contributed by atoms with Gasteiger partial charge in [-0.3, -0.25) is 0 Å². The molecule has 159 valence electrons. The number of nitrogens with one attached hydrogen (secondary N) is 1. The molecule has 0 saturated heterocycles. The van der Waals surface area contributed by atoms with Crippen molar-refractivity contribution in [3.05, 3.63) is 62.5 Å². The van der Waals surface area contributed by atoms with Gasteiger partial charge in [-0.1, -0.05) is 0 Å². The molecule has 0 fully saturated rings. The minimum atomic E-state index is -0.954. The SMILES string of the molecule is CCOC(=O)C1=C(CN=C(N)[Se])NC(C)=C(C(=O)OC)C1c1cccc([N+](=O)[O-])c1. The van der Waals surface area contributed by atoms with E-state index >= 15 is 0 Å². The van der Waals surface area contributed by atoms with Crippen molar-refractivity contribution >= 4 is 38.4 Å². The molecule has 1 aliphatic heterocycles. The number of hydrogen-bond donors (Lipinski definition) is 2. The van der Waals surface area contributed by atoms with Crippen LogP contribution in [-0.4, -0.2) is 57.9 Å². The molecular weight excluding hydrogens is 459 g/mol. The number of amidine groups is 1. The molecule has 1 atom stereocenters. The zero-order valence-electron chi connectivity index (χ0n) is 16.6. The fraction of sp³-hybridized carbons (Fsp3) is 0.316. The van der Waals surface area contributed by atoms with Crippen LogP contribution in [0.15, 0.2) is 51.8 Å².